The van der Waals surface area contributed by atoms with Gasteiger partial charge in [0.15, 0.2) is 0 Å². The van der Waals surface area contributed by atoms with Crippen LogP contribution < -0.4 is 5.32 Å². The summed E-state index contributed by atoms with van der Waals surface area (Å²) in [6.45, 7) is 1.76. The molecule has 1 saturated heterocycles. The fraction of sp³-hybridized carbons (Fsp3) is 1.00. The zero-order chi connectivity index (χ0) is 9.26. The molecule has 13 heavy (non-hydrogen) atoms. The van der Waals surface area contributed by atoms with Crippen LogP contribution in [0.25, 0.3) is 0 Å². The first kappa shape index (κ1) is 9.44. The Labute approximate surface area is 79.8 Å². The van der Waals surface area contributed by atoms with Gasteiger partial charge in [0.1, 0.15) is 0 Å². The lowest BCUT2D eigenvalue weighted by molar-refractivity contribution is -0.124. The predicted octanol–water partition coefficient (Wildman–Crippen LogP) is 0.646. The van der Waals surface area contributed by atoms with Gasteiger partial charge in [0.05, 0.1) is 19.3 Å². The zero-order valence-corrected chi connectivity index (χ0v) is 8.45. The van der Waals surface area contributed by atoms with E-state index in [9.17, 15) is 0 Å². The SMILES string of the molecule is CNC1CC2COCC(C1)C2OC. The van der Waals surface area contributed by atoms with Crippen molar-refractivity contribution in [3.8, 4) is 0 Å². The van der Waals surface area contributed by atoms with Gasteiger partial charge in [-0.1, -0.05) is 0 Å². The summed E-state index contributed by atoms with van der Waals surface area (Å²) in [7, 11) is 3.88. The number of nitrogens with one attached hydrogen (secondary N) is 1. The summed E-state index contributed by atoms with van der Waals surface area (Å²) < 4.78 is 11.1. The molecule has 0 amide bonds. The third-order valence-corrected chi connectivity index (χ3v) is 3.45. The highest BCUT2D eigenvalue weighted by Crippen LogP contribution is 2.35. The van der Waals surface area contributed by atoms with Crippen LogP contribution in [0.1, 0.15) is 12.8 Å². The number of hydrogen-bond donors (Lipinski definition) is 1. The van der Waals surface area contributed by atoms with Gasteiger partial charge in [0.25, 0.3) is 0 Å². The lowest BCUT2D eigenvalue weighted by Crippen LogP contribution is -2.51. The highest BCUT2D eigenvalue weighted by molar-refractivity contribution is 4.92. The molecule has 2 rings (SSSR count). The maximum atomic E-state index is 5.55. The molecule has 0 aromatic heterocycles. The van der Waals surface area contributed by atoms with Gasteiger partial charge in [-0.05, 0) is 19.9 Å². The molecule has 0 radical (unpaired) electrons. The Morgan fingerprint density at radius 3 is 2.31 bits per heavy atom. The van der Waals surface area contributed by atoms with Crippen LogP contribution in [0.15, 0.2) is 0 Å². The molecule has 3 nitrogen and oxygen atoms in total. The minimum absolute atomic E-state index is 0.443. The van der Waals surface area contributed by atoms with Crippen molar-refractivity contribution in [2.75, 3.05) is 27.4 Å². The Hall–Kier alpha value is -0.120. The van der Waals surface area contributed by atoms with Crippen molar-refractivity contribution in [1.82, 2.24) is 5.32 Å². The molecule has 1 N–H and O–H groups in total. The molecule has 2 atom stereocenters. The summed E-state index contributed by atoms with van der Waals surface area (Å²) >= 11 is 0. The van der Waals surface area contributed by atoms with Crippen molar-refractivity contribution in [3.05, 3.63) is 0 Å². The Kier molecular flexibility index (Phi) is 2.86. The van der Waals surface area contributed by atoms with E-state index in [-0.39, 0.29) is 0 Å². The average Bonchev–Trinajstić information content (AvgIpc) is 2.15. The Balaban J connectivity index is 2.03. The van der Waals surface area contributed by atoms with Gasteiger partial charge in [0, 0.05) is 25.0 Å². The van der Waals surface area contributed by atoms with Crippen LogP contribution in [-0.2, 0) is 9.47 Å². The number of hydrogen-bond acceptors (Lipinski definition) is 3. The minimum Gasteiger partial charge on any atom is -0.381 e. The number of ether oxygens (including phenoxy) is 2. The predicted molar refractivity (Wildman–Crippen MR) is 50.7 cm³/mol. The lowest BCUT2D eigenvalue weighted by Gasteiger charge is -2.44. The summed E-state index contributed by atoms with van der Waals surface area (Å²) in [5, 5.41) is 3.37. The number of rotatable bonds is 2. The van der Waals surface area contributed by atoms with Crippen molar-refractivity contribution in [3.63, 3.8) is 0 Å². The maximum Gasteiger partial charge on any atom is 0.0672 e. The van der Waals surface area contributed by atoms with Crippen molar-refractivity contribution < 1.29 is 9.47 Å². The third-order valence-electron chi connectivity index (χ3n) is 3.45. The molecule has 0 aromatic rings. The first-order valence-electron chi connectivity index (χ1n) is 5.13. The number of fused-ring (bicyclic) bond motifs is 2. The fourth-order valence-electron chi connectivity index (χ4n) is 2.80. The van der Waals surface area contributed by atoms with Crippen molar-refractivity contribution in [2.24, 2.45) is 11.8 Å². The van der Waals surface area contributed by atoms with Crippen molar-refractivity contribution in [1.29, 1.82) is 0 Å². The van der Waals surface area contributed by atoms with E-state index in [1.165, 1.54) is 12.8 Å². The summed E-state index contributed by atoms with van der Waals surface area (Å²) in [4.78, 5) is 0. The topological polar surface area (TPSA) is 30.5 Å². The Bertz CT molecular complexity index is 160. The second-order valence-electron chi connectivity index (χ2n) is 4.21. The van der Waals surface area contributed by atoms with Crippen LogP contribution in [0.5, 0.6) is 0 Å². The first-order chi connectivity index (χ1) is 6.35. The second-order valence-corrected chi connectivity index (χ2v) is 4.21. The van der Waals surface area contributed by atoms with Gasteiger partial charge in [-0.2, -0.15) is 0 Å². The van der Waals surface area contributed by atoms with E-state index < -0.39 is 0 Å². The molecule has 76 valence electrons. The summed E-state index contributed by atoms with van der Waals surface area (Å²) in [5.41, 5.74) is 0. The van der Waals surface area contributed by atoms with Crippen LogP contribution in [0, 0.1) is 11.8 Å². The van der Waals surface area contributed by atoms with Gasteiger partial charge in [-0.15, -0.1) is 0 Å². The van der Waals surface area contributed by atoms with E-state index in [0.29, 0.717) is 24.0 Å². The van der Waals surface area contributed by atoms with Gasteiger partial charge >= 0.3 is 0 Å². The normalized spacial score (nSPS) is 44.8. The van der Waals surface area contributed by atoms with E-state index in [0.717, 1.165) is 13.2 Å². The van der Waals surface area contributed by atoms with Crippen LogP contribution in [0.2, 0.25) is 0 Å². The Morgan fingerprint density at radius 1 is 1.23 bits per heavy atom. The van der Waals surface area contributed by atoms with Crippen molar-refractivity contribution in [2.45, 2.75) is 25.0 Å². The van der Waals surface area contributed by atoms with Crippen LogP contribution in [-0.4, -0.2) is 39.5 Å². The molecule has 1 saturated carbocycles. The standard InChI is InChI=1S/C10H19NO2/c1-11-9-3-7-5-13-6-8(4-9)10(7)12-2/h7-11H,3-6H2,1-2H3. The Morgan fingerprint density at radius 2 is 1.85 bits per heavy atom. The molecule has 0 spiro atoms. The average molecular weight is 185 g/mol. The van der Waals surface area contributed by atoms with E-state index in [2.05, 4.69) is 5.32 Å². The van der Waals surface area contributed by atoms with Gasteiger partial charge in [-0.25, -0.2) is 0 Å². The van der Waals surface area contributed by atoms with Gasteiger partial charge in [-0.3, -0.25) is 0 Å². The maximum absolute atomic E-state index is 5.55. The molecule has 1 heterocycles. The van der Waals surface area contributed by atoms with E-state index in [4.69, 9.17) is 9.47 Å². The fourth-order valence-corrected chi connectivity index (χ4v) is 2.80. The van der Waals surface area contributed by atoms with Gasteiger partial charge in [0.2, 0.25) is 0 Å². The highest BCUT2D eigenvalue weighted by Gasteiger charge is 2.40. The quantitative estimate of drug-likeness (QED) is 0.685. The monoisotopic (exact) mass is 185 g/mol. The van der Waals surface area contributed by atoms with E-state index in [1.807, 2.05) is 14.2 Å². The molecule has 0 aromatic carbocycles. The van der Waals surface area contributed by atoms with E-state index in [1.54, 1.807) is 0 Å². The smallest absolute Gasteiger partial charge is 0.0672 e. The molecule has 2 bridgehead atoms. The lowest BCUT2D eigenvalue weighted by atomic mass is 9.75. The first-order valence-corrected chi connectivity index (χ1v) is 5.13. The largest absolute Gasteiger partial charge is 0.381 e. The molecular weight excluding hydrogens is 166 g/mol. The summed E-state index contributed by atoms with van der Waals surface area (Å²) in [5.74, 6) is 1.21. The van der Waals surface area contributed by atoms with Crippen LogP contribution in [0.3, 0.4) is 0 Å². The third kappa shape index (κ3) is 1.73. The van der Waals surface area contributed by atoms with Gasteiger partial charge < -0.3 is 14.8 Å². The van der Waals surface area contributed by atoms with E-state index >= 15 is 0 Å². The van der Waals surface area contributed by atoms with Crippen LogP contribution in [0.4, 0.5) is 0 Å². The molecule has 1 aliphatic heterocycles. The van der Waals surface area contributed by atoms with Crippen LogP contribution >= 0.6 is 0 Å². The van der Waals surface area contributed by atoms with Crippen molar-refractivity contribution >= 4 is 0 Å². The number of methoxy groups -OCH3 is 1. The molecule has 3 heteroatoms. The summed E-state index contributed by atoms with van der Waals surface area (Å²) in [6, 6.07) is 0.672. The molecular formula is C10H19NO2. The molecule has 2 aliphatic rings. The molecule has 2 unspecified atom stereocenters. The summed E-state index contributed by atoms with van der Waals surface area (Å²) in [6.07, 6.45) is 2.84. The molecule has 1 aliphatic carbocycles. The minimum atomic E-state index is 0.443. The zero-order valence-electron chi connectivity index (χ0n) is 8.45. The highest BCUT2D eigenvalue weighted by atomic mass is 16.5. The molecule has 2 fully saturated rings. The second kappa shape index (κ2) is 3.95.